The number of anilines is 3. The van der Waals surface area contributed by atoms with Crippen molar-refractivity contribution in [3.63, 3.8) is 0 Å². The van der Waals surface area contributed by atoms with Crippen LogP contribution in [0.1, 0.15) is 50.3 Å². The summed E-state index contributed by atoms with van der Waals surface area (Å²) in [6.45, 7) is 7.98. The molecule has 0 bridgehead atoms. The summed E-state index contributed by atoms with van der Waals surface area (Å²) >= 11 is 1.25. The van der Waals surface area contributed by atoms with Crippen LogP contribution in [0.25, 0.3) is 0 Å². The standard InChI is InChI=1S/C16H23N7O2S/c1-5-8(13(17)24)20-10-7-19-12(14(18)25)15(21-10)22-11-6-9(23-26-11)16(2,3)4/h6-8H,5H2,1-4H3,(H2,17,24)(H2,18,25)(H2,20,21,22). The number of primary amides is 2. The van der Waals surface area contributed by atoms with Crippen LogP contribution in [-0.2, 0) is 10.2 Å². The van der Waals surface area contributed by atoms with E-state index < -0.39 is 17.9 Å². The second kappa shape index (κ2) is 7.65. The largest absolute Gasteiger partial charge is 0.368 e. The number of nitrogens with zero attached hydrogens (tertiary/aromatic N) is 3. The average Bonchev–Trinajstić information content (AvgIpc) is 3.01. The molecule has 0 aromatic carbocycles. The van der Waals surface area contributed by atoms with Gasteiger partial charge >= 0.3 is 0 Å². The summed E-state index contributed by atoms with van der Waals surface area (Å²) in [5.41, 5.74) is 11.5. The number of hydrogen-bond acceptors (Lipinski definition) is 8. The van der Waals surface area contributed by atoms with Gasteiger partial charge in [-0.05, 0) is 24.0 Å². The Labute approximate surface area is 155 Å². The van der Waals surface area contributed by atoms with Crippen molar-refractivity contribution in [2.24, 2.45) is 11.5 Å². The maximum absolute atomic E-state index is 11.6. The highest BCUT2D eigenvalue weighted by atomic mass is 32.1. The molecule has 0 radical (unpaired) electrons. The van der Waals surface area contributed by atoms with Gasteiger partial charge in [0, 0.05) is 5.41 Å². The van der Waals surface area contributed by atoms with Crippen molar-refractivity contribution in [3.05, 3.63) is 23.7 Å². The summed E-state index contributed by atoms with van der Waals surface area (Å²) in [6, 6.07) is 1.29. The normalized spacial score (nSPS) is 12.5. The van der Waals surface area contributed by atoms with E-state index in [0.717, 1.165) is 5.69 Å². The summed E-state index contributed by atoms with van der Waals surface area (Å²) in [5.74, 6) is -0.719. The molecule has 6 N–H and O–H groups in total. The minimum absolute atomic E-state index is 0.00613. The van der Waals surface area contributed by atoms with E-state index in [1.807, 2.05) is 13.0 Å². The molecular weight excluding hydrogens is 354 g/mol. The average molecular weight is 377 g/mol. The van der Waals surface area contributed by atoms with Crippen molar-refractivity contribution in [3.8, 4) is 0 Å². The second-order valence-corrected chi connectivity index (χ2v) is 7.58. The number of hydrogen-bond donors (Lipinski definition) is 4. The van der Waals surface area contributed by atoms with Gasteiger partial charge in [0.1, 0.15) is 16.9 Å². The molecule has 9 nitrogen and oxygen atoms in total. The molecule has 0 spiro atoms. The first-order valence-corrected chi connectivity index (χ1v) is 8.86. The summed E-state index contributed by atoms with van der Waals surface area (Å²) < 4.78 is 4.40. The minimum Gasteiger partial charge on any atom is -0.368 e. The third-order valence-corrected chi connectivity index (χ3v) is 4.30. The molecule has 1 unspecified atom stereocenters. The number of rotatable bonds is 7. The lowest BCUT2D eigenvalue weighted by atomic mass is 9.92. The van der Waals surface area contributed by atoms with E-state index in [1.165, 1.54) is 17.7 Å². The molecule has 2 heterocycles. The zero-order valence-corrected chi connectivity index (χ0v) is 16.0. The third-order valence-electron chi connectivity index (χ3n) is 3.60. The number of carbonyl (C=O) groups is 2. The molecule has 0 fully saturated rings. The van der Waals surface area contributed by atoms with Crippen molar-refractivity contribution < 1.29 is 9.59 Å². The molecule has 0 aliphatic carbocycles. The Bertz CT molecular complexity index is 813. The van der Waals surface area contributed by atoms with Crippen molar-refractivity contribution in [1.29, 1.82) is 0 Å². The van der Waals surface area contributed by atoms with Crippen LogP contribution in [0.15, 0.2) is 12.3 Å². The van der Waals surface area contributed by atoms with Gasteiger partial charge in [-0.3, -0.25) is 9.59 Å². The first-order chi connectivity index (χ1) is 12.1. The van der Waals surface area contributed by atoms with Crippen LogP contribution in [0.3, 0.4) is 0 Å². The fourth-order valence-electron chi connectivity index (χ4n) is 2.08. The highest BCUT2D eigenvalue weighted by Gasteiger charge is 2.20. The molecule has 10 heteroatoms. The molecule has 2 aromatic heterocycles. The van der Waals surface area contributed by atoms with Crippen LogP contribution in [0, 0.1) is 0 Å². The molecule has 0 aliphatic heterocycles. The summed E-state index contributed by atoms with van der Waals surface area (Å²) in [7, 11) is 0. The van der Waals surface area contributed by atoms with Crippen LogP contribution in [0.5, 0.6) is 0 Å². The van der Waals surface area contributed by atoms with E-state index in [-0.39, 0.29) is 16.9 Å². The number of nitrogens with one attached hydrogen (secondary N) is 2. The van der Waals surface area contributed by atoms with E-state index in [2.05, 4.69) is 45.7 Å². The highest BCUT2D eigenvalue weighted by Crippen LogP contribution is 2.29. The third kappa shape index (κ3) is 4.66. The molecular formula is C16H23N7O2S. The fraction of sp³-hybridized carbons (Fsp3) is 0.438. The Morgan fingerprint density at radius 3 is 2.50 bits per heavy atom. The lowest BCUT2D eigenvalue weighted by Gasteiger charge is -2.15. The zero-order valence-electron chi connectivity index (χ0n) is 15.2. The summed E-state index contributed by atoms with van der Waals surface area (Å²) in [4.78, 5) is 31.4. The predicted molar refractivity (Wildman–Crippen MR) is 102 cm³/mol. The van der Waals surface area contributed by atoms with E-state index in [4.69, 9.17) is 11.5 Å². The maximum atomic E-state index is 11.6. The van der Waals surface area contributed by atoms with E-state index in [0.29, 0.717) is 17.2 Å². The van der Waals surface area contributed by atoms with Crippen molar-refractivity contribution in [2.75, 3.05) is 10.6 Å². The van der Waals surface area contributed by atoms with E-state index >= 15 is 0 Å². The summed E-state index contributed by atoms with van der Waals surface area (Å²) in [5, 5.41) is 6.63. The van der Waals surface area contributed by atoms with Gasteiger partial charge in [0.25, 0.3) is 5.91 Å². The van der Waals surface area contributed by atoms with E-state index in [9.17, 15) is 9.59 Å². The lowest BCUT2D eigenvalue weighted by Crippen LogP contribution is -2.35. The van der Waals surface area contributed by atoms with Gasteiger partial charge in [-0.25, -0.2) is 9.97 Å². The number of aromatic nitrogens is 3. The van der Waals surface area contributed by atoms with Gasteiger partial charge in [-0.2, -0.15) is 4.37 Å². The monoisotopic (exact) mass is 377 g/mol. The topological polar surface area (TPSA) is 149 Å². The van der Waals surface area contributed by atoms with Gasteiger partial charge in [0.2, 0.25) is 5.91 Å². The molecule has 26 heavy (non-hydrogen) atoms. The fourth-order valence-corrected chi connectivity index (χ4v) is 2.91. The van der Waals surface area contributed by atoms with Gasteiger partial charge < -0.3 is 22.1 Å². The summed E-state index contributed by atoms with van der Waals surface area (Å²) in [6.07, 6.45) is 1.82. The maximum Gasteiger partial charge on any atom is 0.271 e. The van der Waals surface area contributed by atoms with Gasteiger partial charge in [-0.1, -0.05) is 27.7 Å². The van der Waals surface area contributed by atoms with Gasteiger partial charge in [0.05, 0.1) is 11.9 Å². The van der Waals surface area contributed by atoms with Crippen molar-refractivity contribution >= 4 is 40.0 Å². The number of amides is 2. The Kier molecular flexibility index (Phi) is 5.76. The second-order valence-electron chi connectivity index (χ2n) is 6.78. The first-order valence-electron chi connectivity index (χ1n) is 8.08. The van der Waals surface area contributed by atoms with E-state index in [1.54, 1.807) is 0 Å². The molecule has 0 aliphatic rings. The van der Waals surface area contributed by atoms with Crippen molar-refractivity contribution in [1.82, 2.24) is 14.3 Å². The van der Waals surface area contributed by atoms with Gasteiger partial charge in [0.15, 0.2) is 11.5 Å². The van der Waals surface area contributed by atoms with Crippen LogP contribution >= 0.6 is 11.5 Å². The predicted octanol–water partition coefficient (Wildman–Crippen LogP) is 1.75. The Morgan fingerprint density at radius 1 is 1.31 bits per heavy atom. The minimum atomic E-state index is -0.714. The van der Waals surface area contributed by atoms with Crippen LogP contribution in [0.4, 0.5) is 16.6 Å². The highest BCUT2D eigenvalue weighted by molar-refractivity contribution is 7.10. The molecule has 1 atom stereocenters. The quantitative estimate of drug-likeness (QED) is 0.574. The Hall–Kier alpha value is -2.75. The van der Waals surface area contributed by atoms with Gasteiger partial charge in [-0.15, -0.1) is 0 Å². The molecule has 0 saturated carbocycles. The Balaban J connectivity index is 2.32. The molecule has 2 amide bonds. The Morgan fingerprint density at radius 2 is 2.00 bits per heavy atom. The molecule has 140 valence electrons. The number of nitrogens with two attached hydrogens (primary N) is 2. The molecule has 2 rings (SSSR count). The first kappa shape index (κ1) is 19.6. The van der Waals surface area contributed by atoms with Crippen molar-refractivity contribution in [2.45, 2.75) is 45.6 Å². The number of carbonyl (C=O) groups excluding carboxylic acids is 2. The van der Waals surface area contributed by atoms with Crippen LogP contribution in [-0.4, -0.2) is 32.2 Å². The molecule has 2 aromatic rings. The van der Waals surface area contributed by atoms with Crippen LogP contribution in [0.2, 0.25) is 0 Å². The lowest BCUT2D eigenvalue weighted by molar-refractivity contribution is -0.118. The smallest absolute Gasteiger partial charge is 0.271 e. The zero-order chi connectivity index (χ0) is 19.5. The van der Waals surface area contributed by atoms with Crippen LogP contribution < -0.4 is 22.1 Å². The SMILES string of the molecule is CCC(Nc1cnc(C(N)=O)c(Nc2cc(C(C)(C)C)ns2)n1)C(N)=O. The molecule has 0 saturated heterocycles.